The van der Waals surface area contributed by atoms with Crippen LogP contribution < -0.4 is 15.5 Å². The first kappa shape index (κ1) is 22.2. The quantitative estimate of drug-likeness (QED) is 0.527. The summed E-state index contributed by atoms with van der Waals surface area (Å²) >= 11 is 5.55. The van der Waals surface area contributed by atoms with E-state index >= 15 is 0 Å². The fourth-order valence-electron chi connectivity index (χ4n) is 4.55. The van der Waals surface area contributed by atoms with Gasteiger partial charge in [-0.3, -0.25) is 14.5 Å². The van der Waals surface area contributed by atoms with Crippen LogP contribution in [0.2, 0.25) is 0 Å². The van der Waals surface area contributed by atoms with E-state index in [1.54, 1.807) is 0 Å². The summed E-state index contributed by atoms with van der Waals surface area (Å²) in [6.45, 7) is 1.34. The van der Waals surface area contributed by atoms with Crippen LogP contribution >= 0.6 is 12.2 Å². The zero-order chi connectivity index (χ0) is 23.4. The molecule has 2 aromatic rings. The number of primary amides is 1. The van der Waals surface area contributed by atoms with E-state index in [-0.39, 0.29) is 27.6 Å². The van der Waals surface area contributed by atoms with E-state index in [2.05, 4.69) is 0 Å². The highest BCUT2D eigenvalue weighted by atomic mass is 32.1. The van der Waals surface area contributed by atoms with Crippen molar-refractivity contribution in [2.24, 2.45) is 5.73 Å². The van der Waals surface area contributed by atoms with Crippen molar-refractivity contribution < 1.29 is 27.2 Å². The first-order valence-corrected chi connectivity index (χ1v) is 10.3. The van der Waals surface area contributed by atoms with Gasteiger partial charge in [0.15, 0.2) is 5.11 Å². The number of anilines is 2. The summed E-state index contributed by atoms with van der Waals surface area (Å²) in [4.78, 5) is 27.6. The molecule has 0 radical (unpaired) electrons. The predicted octanol–water partition coefficient (Wildman–Crippen LogP) is 4.70. The molecule has 0 bridgehead atoms. The highest BCUT2D eigenvalue weighted by Crippen LogP contribution is 2.46. The Morgan fingerprint density at radius 1 is 1.09 bits per heavy atom. The number of carbonyl (C=O) groups excluding carboxylic acids is 2. The van der Waals surface area contributed by atoms with Gasteiger partial charge in [-0.2, -0.15) is 13.2 Å². The molecule has 1 aliphatic heterocycles. The highest BCUT2D eigenvalue weighted by Gasteiger charge is 2.57. The van der Waals surface area contributed by atoms with Gasteiger partial charge in [0.2, 0.25) is 0 Å². The van der Waals surface area contributed by atoms with E-state index in [9.17, 15) is 27.2 Å². The van der Waals surface area contributed by atoms with Gasteiger partial charge in [-0.05, 0) is 67.9 Å². The molecule has 1 saturated carbocycles. The third-order valence-electron chi connectivity index (χ3n) is 6.10. The molecule has 1 aliphatic carbocycles. The van der Waals surface area contributed by atoms with Crippen molar-refractivity contribution in [1.82, 2.24) is 0 Å². The van der Waals surface area contributed by atoms with E-state index in [0.29, 0.717) is 25.7 Å². The van der Waals surface area contributed by atoms with Gasteiger partial charge >= 0.3 is 6.18 Å². The minimum atomic E-state index is -4.59. The molecule has 0 aromatic heterocycles. The topological polar surface area (TPSA) is 66.6 Å². The summed E-state index contributed by atoms with van der Waals surface area (Å²) in [5.74, 6) is -2.26. The molecule has 1 heterocycles. The average molecular weight is 465 g/mol. The molecule has 168 valence electrons. The van der Waals surface area contributed by atoms with Crippen molar-refractivity contribution in [3.05, 3.63) is 58.9 Å². The Kier molecular flexibility index (Phi) is 5.23. The van der Waals surface area contributed by atoms with Crippen molar-refractivity contribution >= 4 is 40.5 Å². The third-order valence-corrected chi connectivity index (χ3v) is 6.47. The van der Waals surface area contributed by atoms with E-state index in [4.69, 9.17) is 18.0 Å². The van der Waals surface area contributed by atoms with Gasteiger partial charge in [-0.1, -0.05) is 18.9 Å². The molecule has 2 aromatic carbocycles. The van der Waals surface area contributed by atoms with E-state index < -0.39 is 34.9 Å². The number of carbonyl (C=O) groups is 2. The van der Waals surface area contributed by atoms with Gasteiger partial charge in [0.25, 0.3) is 11.8 Å². The molecule has 10 heteroatoms. The van der Waals surface area contributed by atoms with Crippen LogP contribution in [0.5, 0.6) is 0 Å². The number of thiocarbonyl (C=S) groups is 1. The molecule has 1 saturated heterocycles. The van der Waals surface area contributed by atoms with Gasteiger partial charge < -0.3 is 10.6 Å². The Hall–Kier alpha value is -3.01. The van der Waals surface area contributed by atoms with E-state index in [1.807, 2.05) is 0 Å². The Balaban J connectivity index is 1.84. The van der Waals surface area contributed by atoms with Crippen LogP contribution in [-0.4, -0.2) is 22.5 Å². The van der Waals surface area contributed by atoms with Crippen LogP contribution in [-0.2, 0) is 11.0 Å². The molecule has 0 unspecified atom stereocenters. The Morgan fingerprint density at radius 3 is 2.28 bits per heavy atom. The molecular weight excluding hydrogens is 446 g/mol. The van der Waals surface area contributed by atoms with Crippen LogP contribution in [0.3, 0.4) is 0 Å². The first-order valence-electron chi connectivity index (χ1n) is 9.93. The zero-order valence-corrected chi connectivity index (χ0v) is 17.8. The number of alkyl halides is 3. The second-order valence-corrected chi connectivity index (χ2v) is 8.39. The van der Waals surface area contributed by atoms with Crippen molar-refractivity contribution in [3.8, 4) is 0 Å². The lowest BCUT2D eigenvalue weighted by atomic mass is 9.94. The number of nitrogens with two attached hydrogens (primary N) is 1. The normalized spacial score (nSPS) is 18.2. The molecule has 2 fully saturated rings. The second kappa shape index (κ2) is 7.54. The Bertz CT molecular complexity index is 1140. The molecule has 1 spiro atoms. The van der Waals surface area contributed by atoms with Crippen LogP contribution in [0.1, 0.15) is 47.2 Å². The van der Waals surface area contributed by atoms with Crippen LogP contribution in [0.25, 0.3) is 0 Å². The summed E-state index contributed by atoms with van der Waals surface area (Å²) in [6, 6.07) is 7.32. The molecule has 5 nitrogen and oxygen atoms in total. The van der Waals surface area contributed by atoms with Gasteiger partial charge in [0, 0.05) is 5.69 Å². The first-order chi connectivity index (χ1) is 15.0. The van der Waals surface area contributed by atoms with Crippen molar-refractivity contribution in [2.75, 3.05) is 9.80 Å². The molecule has 0 atom stereocenters. The molecular formula is C22H19F4N3O2S. The lowest BCUT2D eigenvalue weighted by Crippen LogP contribution is -2.47. The standard InChI is InChI=1S/C22H19F4N3O2S/c1-12-4-5-13(10-16(12)22(24,25)26)28-19(31)21(8-2-3-9-21)29(20(28)32)14-6-7-15(18(27)30)17(23)11-14/h4-7,10-11H,2-3,8-9H2,1H3,(H2,27,30). The van der Waals surface area contributed by atoms with Crippen molar-refractivity contribution in [2.45, 2.75) is 44.3 Å². The number of amides is 2. The van der Waals surface area contributed by atoms with Crippen LogP contribution in [0, 0.1) is 12.7 Å². The predicted molar refractivity (Wildman–Crippen MR) is 115 cm³/mol. The Morgan fingerprint density at radius 2 is 1.72 bits per heavy atom. The summed E-state index contributed by atoms with van der Waals surface area (Å²) in [5, 5.41) is -0.0416. The SMILES string of the molecule is Cc1ccc(N2C(=O)C3(CCCC3)N(c3ccc(C(N)=O)c(F)c3)C2=S)cc1C(F)(F)F. The number of aryl methyl sites for hydroxylation is 1. The van der Waals surface area contributed by atoms with E-state index in [1.165, 1.54) is 36.1 Å². The maximum Gasteiger partial charge on any atom is 0.416 e. The minimum Gasteiger partial charge on any atom is -0.366 e. The molecule has 32 heavy (non-hydrogen) atoms. The summed E-state index contributed by atoms with van der Waals surface area (Å²) in [7, 11) is 0. The zero-order valence-electron chi connectivity index (χ0n) is 17.0. The molecule has 2 amide bonds. The van der Waals surface area contributed by atoms with Gasteiger partial charge in [-0.25, -0.2) is 4.39 Å². The monoisotopic (exact) mass is 465 g/mol. The summed E-state index contributed by atoms with van der Waals surface area (Å²) in [5.41, 5.74) is 3.14. The molecule has 4 rings (SSSR count). The van der Waals surface area contributed by atoms with Crippen molar-refractivity contribution in [3.63, 3.8) is 0 Å². The number of halogens is 4. The average Bonchev–Trinajstić information content (AvgIpc) is 3.26. The van der Waals surface area contributed by atoms with Gasteiger partial charge in [0.05, 0.1) is 16.8 Å². The van der Waals surface area contributed by atoms with Gasteiger partial charge in [0.1, 0.15) is 11.4 Å². The van der Waals surface area contributed by atoms with Crippen molar-refractivity contribution in [1.29, 1.82) is 0 Å². The molecule has 2 N–H and O–H groups in total. The Labute approximate surface area is 186 Å². The largest absolute Gasteiger partial charge is 0.416 e. The number of rotatable bonds is 3. The number of benzene rings is 2. The summed E-state index contributed by atoms with van der Waals surface area (Å²) < 4.78 is 54.9. The minimum absolute atomic E-state index is 0.000859. The van der Waals surface area contributed by atoms with E-state index in [0.717, 1.165) is 17.0 Å². The second-order valence-electron chi connectivity index (χ2n) is 8.02. The third kappa shape index (κ3) is 3.33. The highest BCUT2D eigenvalue weighted by molar-refractivity contribution is 7.81. The maximum absolute atomic E-state index is 14.5. The fourth-order valence-corrected chi connectivity index (χ4v) is 5.02. The number of hydrogen-bond donors (Lipinski definition) is 1. The van der Waals surface area contributed by atoms with Crippen LogP contribution in [0.4, 0.5) is 28.9 Å². The van der Waals surface area contributed by atoms with Crippen LogP contribution in [0.15, 0.2) is 36.4 Å². The number of nitrogens with zero attached hydrogens (tertiary/aromatic N) is 2. The lowest BCUT2D eigenvalue weighted by molar-refractivity contribution is -0.138. The lowest BCUT2D eigenvalue weighted by Gasteiger charge is -2.32. The maximum atomic E-state index is 14.5. The number of hydrogen-bond acceptors (Lipinski definition) is 3. The van der Waals surface area contributed by atoms with Gasteiger partial charge in [-0.15, -0.1) is 0 Å². The smallest absolute Gasteiger partial charge is 0.366 e. The summed E-state index contributed by atoms with van der Waals surface area (Å²) in [6.07, 6.45) is -2.34. The molecule has 2 aliphatic rings. The fraction of sp³-hybridized carbons (Fsp3) is 0.318.